The SMILES string of the molecule is C1OC[C@H]([C@H]2COCO2)O1. The average Bonchev–Trinajstić information content (AvgIpc) is 2.59. The van der Waals surface area contributed by atoms with Crippen LogP contribution >= 0.6 is 0 Å². The minimum atomic E-state index is 0.0856. The van der Waals surface area contributed by atoms with Crippen molar-refractivity contribution in [1.82, 2.24) is 0 Å². The summed E-state index contributed by atoms with van der Waals surface area (Å²) in [7, 11) is 0. The monoisotopic (exact) mass is 146 g/mol. The van der Waals surface area contributed by atoms with Gasteiger partial charge in [0.25, 0.3) is 0 Å². The highest BCUT2D eigenvalue weighted by molar-refractivity contribution is 4.73. The van der Waals surface area contributed by atoms with Crippen molar-refractivity contribution in [1.29, 1.82) is 0 Å². The number of ether oxygens (including phenoxy) is 4. The third-order valence-corrected chi connectivity index (χ3v) is 1.71. The summed E-state index contributed by atoms with van der Waals surface area (Å²) >= 11 is 0. The number of hydrogen-bond donors (Lipinski definition) is 0. The van der Waals surface area contributed by atoms with E-state index in [1.165, 1.54) is 0 Å². The maximum absolute atomic E-state index is 5.21. The first-order chi connectivity index (χ1) is 4.97. The molecule has 0 aromatic carbocycles. The molecule has 58 valence electrons. The van der Waals surface area contributed by atoms with Crippen molar-refractivity contribution in [3.63, 3.8) is 0 Å². The zero-order valence-electron chi connectivity index (χ0n) is 5.62. The Morgan fingerprint density at radius 2 is 1.30 bits per heavy atom. The van der Waals surface area contributed by atoms with Crippen LogP contribution in [0, 0.1) is 0 Å². The van der Waals surface area contributed by atoms with E-state index in [2.05, 4.69) is 0 Å². The van der Waals surface area contributed by atoms with Crippen LogP contribution in [0.2, 0.25) is 0 Å². The van der Waals surface area contributed by atoms with E-state index in [0.29, 0.717) is 26.8 Å². The maximum Gasteiger partial charge on any atom is 0.147 e. The average molecular weight is 146 g/mol. The quantitative estimate of drug-likeness (QED) is 0.510. The Balaban J connectivity index is 1.85. The minimum Gasteiger partial charge on any atom is -0.353 e. The molecule has 2 heterocycles. The number of hydrogen-bond acceptors (Lipinski definition) is 4. The van der Waals surface area contributed by atoms with Crippen LogP contribution in [0.25, 0.3) is 0 Å². The van der Waals surface area contributed by atoms with Crippen molar-refractivity contribution in [3.8, 4) is 0 Å². The summed E-state index contributed by atoms with van der Waals surface area (Å²) in [5, 5.41) is 0. The molecule has 2 aliphatic heterocycles. The van der Waals surface area contributed by atoms with Crippen LogP contribution in [0.1, 0.15) is 0 Å². The Hall–Kier alpha value is -0.160. The highest BCUT2D eigenvalue weighted by Crippen LogP contribution is 2.14. The Labute approximate surface area is 59.0 Å². The van der Waals surface area contributed by atoms with Crippen LogP contribution in [-0.4, -0.2) is 39.0 Å². The Bertz CT molecular complexity index is 90.3. The maximum atomic E-state index is 5.21. The first-order valence-electron chi connectivity index (χ1n) is 3.35. The van der Waals surface area contributed by atoms with Crippen LogP contribution < -0.4 is 0 Å². The van der Waals surface area contributed by atoms with Crippen molar-refractivity contribution in [2.45, 2.75) is 12.2 Å². The lowest BCUT2D eigenvalue weighted by atomic mass is 10.2. The van der Waals surface area contributed by atoms with E-state index in [-0.39, 0.29) is 12.2 Å². The van der Waals surface area contributed by atoms with Crippen molar-refractivity contribution >= 4 is 0 Å². The van der Waals surface area contributed by atoms with Gasteiger partial charge in [-0.2, -0.15) is 0 Å². The van der Waals surface area contributed by atoms with Gasteiger partial charge >= 0.3 is 0 Å². The summed E-state index contributed by atoms with van der Waals surface area (Å²) in [6.45, 7) is 2.05. The van der Waals surface area contributed by atoms with Crippen molar-refractivity contribution in [2.24, 2.45) is 0 Å². The van der Waals surface area contributed by atoms with Gasteiger partial charge in [-0.1, -0.05) is 0 Å². The molecule has 0 N–H and O–H groups in total. The summed E-state index contributed by atoms with van der Waals surface area (Å²) in [5.74, 6) is 0. The van der Waals surface area contributed by atoms with Gasteiger partial charge in [-0.25, -0.2) is 0 Å². The fraction of sp³-hybridized carbons (Fsp3) is 1.00. The molecule has 0 aliphatic carbocycles. The summed E-state index contributed by atoms with van der Waals surface area (Å²) in [6.07, 6.45) is 0.171. The van der Waals surface area contributed by atoms with Crippen molar-refractivity contribution in [3.05, 3.63) is 0 Å². The molecule has 4 nitrogen and oxygen atoms in total. The smallest absolute Gasteiger partial charge is 0.147 e. The Morgan fingerprint density at radius 1 is 0.800 bits per heavy atom. The van der Waals surface area contributed by atoms with Gasteiger partial charge in [0.05, 0.1) is 13.2 Å². The van der Waals surface area contributed by atoms with Crippen LogP contribution in [0.4, 0.5) is 0 Å². The summed E-state index contributed by atoms with van der Waals surface area (Å²) in [4.78, 5) is 0. The molecule has 4 heteroatoms. The van der Waals surface area contributed by atoms with Crippen molar-refractivity contribution in [2.75, 3.05) is 26.8 Å². The molecule has 2 atom stereocenters. The highest BCUT2D eigenvalue weighted by Gasteiger charge is 2.30. The molecule has 2 aliphatic rings. The zero-order chi connectivity index (χ0) is 6.81. The predicted molar refractivity (Wildman–Crippen MR) is 31.4 cm³/mol. The van der Waals surface area contributed by atoms with Gasteiger partial charge < -0.3 is 18.9 Å². The van der Waals surface area contributed by atoms with E-state index < -0.39 is 0 Å². The van der Waals surface area contributed by atoms with Crippen molar-refractivity contribution < 1.29 is 18.9 Å². The first-order valence-corrected chi connectivity index (χ1v) is 3.35. The van der Waals surface area contributed by atoms with Gasteiger partial charge in [0.1, 0.15) is 25.8 Å². The second-order valence-electron chi connectivity index (χ2n) is 2.39. The Kier molecular flexibility index (Phi) is 1.86. The second kappa shape index (κ2) is 2.84. The van der Waals surface area contributed by atoms with Crippen LogP contribution in [0.5, 0.6) is 0 Å². The van der Waals surface area contributed by atoms with Gasteiger partial charge in [0.2, 0.25) is 0 Å². The van der Waals surface area contributed by atoms with Gasteiger partial charge in [0.15, 0.2) is 0 Å². The van der Waals surface area contributed by atoms with E-state index in [1.807, 2.05) is 0 Å². The molecule has 0 unspecified atom stereocenters. The molecule has 2 rings (SSSR count). The molecule has 0 aromatic heterocycles. The first kappa shape index (κ1) is 6.54. The second-order valence-corrected chi connectivity index (χ2v) is 2.39. The molecular formula is C6H10O4. The fourth-order valence-corrected chi connectivity index (χ4v) is 1.13. The molecule has 0 amide bonds. The largest absolute Gasteiger partial charge is 0.353 e. The van der Waals surface area contributed by atoms with Gasteiger partial charge in [-0.15, -0.1) is 0 Å². The molecule has 10 heavy (non-hydrogen) atoms. The van der Waals surface area contributed by atoms with Gasteiger partial charge in [-0.05, 0) is 0 Å². The van der Waals surface area contributed by atoms with Gasteiger partial charge in [-0.3, -0.25) is 0 Å². The highest BCUT2D eigenvalue weighted by atomic mass is 16.7. The molecule has 0 spiro atoms. The van der Waals surface area contributed by atoms with E-state index in [4.69, 9.17) is 18.9 Å². The molecule has 0 saturated carbocycles. The molecule has 0 bridgehead atoms. The van der Waals surface area contributed by atoms with Crippen LogP contribution in [0.3, 0.4) is 0 Å². The lowest BCUT2D eigenvalue weighted by molar-refractivity contribution is -0.0251. The topological polar surface area (TPSA) is 36.9 Å². The summed E-state index contributed by atoms with van der Waals surface area (Å²) in [5.41, 5.74) is 0. The zero-order valence-corrected chi connectivity index (χ0v) is 5.62. The summed E-state index contributed by atoms with van der Waals surface area (Å²) in [6, 6.07) is 0. The standard InChI is InChI=1S/C6H10O4/c1-5(9-3-7-1)6-2-8-4-10-6/h5-6H,1-4H2/t5-,6-/m1/s1. The lowest BCUT2D eigenvalue weighted by Crippen LogP contribution is -2.29. The summed E-state index contributed by atoms with van der Waals surface area (Å²) < 4.78 is 20.4. The normalized spacial score (nSPS) is 40.8. The molecule has 0 radical (unpaired) electrons. The fourth-order valence-electron chi connectivity index (χ4n) is 1.13. The minimum absolute atomic E-state index is 0.0856. The van der Waals surface area contributed by atoms with E-state index >= 15 is 0 Å². The van der Waals surface area contributed by atoms with Gasteiger partial charge in [0, 0.05) is 0 Å². The van der Waals surface area contributed by atoms with E-state index in [9.17, 15) is 0 Å². The van der Waals surface area contributed by atoms with E-state index in [0.717, 1.165) is 0 Å². The lowest BCUT2D eigenvalue weighted by Gasteiger charge is -2.12. The third-order valence-electron chi connectivity index (χ3n) is 1.71. The number of rotatable bonds is 1. The Morgan fingerprint density at radius 3 is 1.60 bits per heavy atom. The predicted octanol–water partition coefficient (Wildman–Crippen LogP) is -0.268. The molecule has 2 fully saturated rings. The third kappa shape index (κ3) is 1.15. The van der Waals surface area contributed by atoms with Crippen LogP contribution in [-0.2, 0) is 18.9 Å². The molecule has 2 saturated heterocycles. The molecule has 0 aromatic rings. The van der Waals surface area contributed by atoms with E-state index in [1.54, 1.807) is 0 Å². The van der Waals surface area contributed by atoms with Crippen LogP contribution in [0.15, 0.2) is 0 Å². The molecular weight excluding hydrogens is 136 g/mol.